The maximum atomic E-state index is 13.3. The number of nitrogens with zero attached hydrogens (tertiary/aromatic N) is 1. The van der Waals surface area contributed by atoms with Gasteiger partial charge in [-0.2, -0.15) is 0 Å². The molecule has 0 saturated carbocycles. The molecule has 3 aromatic rings. The molecule has 1 amide bonds. The van der Waals surface area contributed by atoms with Gasteiger partial charge >= 0.3 is 0 Å². The van der Waals surface area contributed by atoms with E-state index in [-0.39, 0.29) is 17.2 Å². The molecule has 29 heavy (non-hydrogen) atoms. The molecule has 0 saturated heterocycles. The Morgan fingerprint density at radius 1 is 1.14 bits per heavy atom. The summed E-state index contributed by atoms with van der Waals surface area (Å²) < 4.78 is 8.35. The predicted octanol–water partition coefficient (Wildman–Crippen LogP) is 5.27. The number of rotatable bonds is 4. The van der Waals surface area contributed by atoms with Gasteiger partial charge in [0.25, 0.3) is 0 Å². The number of nitrogens with one attached hydrogen (secondary N) is 2. The number of methoxy groups -OCH3 is 1. The first kappa shape index (κ1) is 19.9. The number of carbonyl (C=O) groups excluding carboxylic acids is 1. The molecule has 4 rings (SSSR count). The topological polar surface area (TPSA) is 55.3 Å². The van der Waals surface area contributed by atoms with Crippen LogP contribution in [0.25, 0.3) is 0 Å². The third kappa shape index (κ3) is 4.02. The molecule has 0 fully saturated rings. The van der Waals surface area contributed by atoms with Crippen molar-refractivity contribution in [3.8, 4) is 5.75 Å². The second-order valence-electron chi connectivity index (χ2n) is 7.02. The van der Waals surface area contributed by atoms with Crippen molar-refractivity contribution in [1.29, 1.82) is 0 Å². The van der Waals surface area contributed by atoms with Crippen LogP contribution in [0.2, 0.25) is 0 Å². The van der Waals surface area contributed by atoms with Crippen LogP contribution in [0.3, 0.4) is 0 Å². The summed E-state index contributed by atoms with van der Waals surface area (Å²) in [5, 5.41) is 3.79. The monoisotopic (exact) mass is 471 g/mol. The summed E-state index contributed by atoms with van der Waals surface area (Å²) in [7, 11) is 1.65. The molecule has 2 atom stereocenters. The number of anilines is 1. The van der Waals surface area contributed by atoms with Crippen molar-refractivity contribution in [1.82, 2.24) is 4.68 Å². The Morgan fingerprint density at radius 2 is 1.90 bits per heavy atom. The second kappa shape index (κ2) is 8.16. The minimum atomic E-state index is -0.325. The molecule has 0 radical (unpaired) electrons. The predicted molar refractivity (Wildman–Crippen MR) is 121 cm³/mol. The maximum absolute atomic E-state index is 13.3. The zero-order valence-corrected chi connectivity index (χ0v) is 18.8. The highest BCUT2D eigenvalue weighted by atomic mass is 79.9. The second-order valence-corrected chi connectivity index (χ2v) is 9.04. The van der Waals surface area contributed by atoms with Gasteiger partial charge in [-0.05, 0) is 67.4 Å². The average molecular weight is 472 g/mol. The van der Waals surface area contributed by atoms with Crippen molar-refractivity contribution in [3.63, 3.8) is 0 Å². The number of aryl methyl sites for hydroxylation is 2. The summed E-state index contributed by atoms with van der Waals surface area (Å²) in [4.78, 5) is 13.3. The highest BCUT2D eigenvalue weighted by molar-refractivity contribution is 9.10. The van der Waals surface area contributed by atoms with Crippen LogP contribution in [-0.2, 0) is 4.79 Å². The highest BCUT2D eigenvalue weighted by Gasteiger charge is 2.36. The molecular weight excluding hydrogens is 450 g/mol. The first-order valence-corrected chi connectivity index (χ1v) is 11.0. The van der Waals surface area contributed by atoms with E-state index < -0.39 is 0 Å². The number of amides is 1. The Morgan fingerprint density at radius 3 is 2.59 bits per heavy atom. The van der Waals surface area contributed by atoms with E-state index in [0.717, 1.165) is 37.8 Å². The van der Waals surface area contributed by atoms with Crippen molar-refractivity contribution < 1.29 is 9.53 Å². The molecule has 0 unspecified atom stereocenters. The Balaban J connectivity index is 1.65. The van der Waals surface area contributed by atoms with E-state index in [0.29, 0.717) is 0 Å². The molecule has 150 valence electrons. The first-order valence-electron chi connectivity index (χ1n) is 9.29. The zero-order chi connectivity index (χ0) is 20.5. The lowest BCUT2D eigenvalue weighted by Gasteiger charge is -2.34. The summed E-state index contributed by atoms with van der Waals surface area (Å²) in [6, 6.07) is 17.6. The minimum Gasteiger partial charge on any atom is -0.497 e. The lowest BCUT2D eigenvalue weighted by Crippen LogP contribution is -2.41. The third-order valence-electron chi connectivity index (χ3n) is 5.02. The van der Waals surface area contributed by atoms with Crippen molar-refractivity contribution in [3.05, 3.63) is 75.9 Å². The van der Waals surface area contributed by atoms with Crippen molar-refractivity contribution in [2.24, 2.45) is 0 Å². The molecule has 7 heteroatoms. The quantitative estimate of drug-likeness (QED) is 0.543. The van der Waals surface area contributed by atoms with E-state index in [4.69, 9.17) is 4.74 Å². The number of thioether (sulfide) groups is 1. The number of hydrogen-bond acceptors (Lipinski definition) is 4. The normalized spacial score (nSPS) is 17.9. The van der Waals surface area contributed by atoms with Crippen LogP contribution in [0.4, 0.5) is 5.69 Å². The van der Waals surface area contributed by atoms with Crippen molar-refractivity contribution >= 4 is 39.3 Å². The number of ether oxygens (including phenoxy) is 1. The number of fused-ring (bicyclic) bond motifs is 1. The molecular formula is C22H22BrN3O2S. The van der Waals surface area contributed by atoms with E-state index in [2.05, 4.69) is 32.7 Å². The van der Waals surface area contributed by atoms with Gasteiger partial charge in [-0.15, -0.1) is 0 Å². The van der Waals surface area contributed by atoms with Gasteiger partial charge in [-0.25, -0.2) is 0 Å². The fourth-order valence-corrected chi connectivity index (χ4v) is 4.85. The summed E-state index contributed by atoms with van der Waals surface area (Å²) in [6.07, 6.45) is 0. The van der Waals surface area contributed by atoms with Crippen LogP contribution >= 0.6 is 27.7 Å². The number of aromatic nitrogens is 1. The molecule has 5 nitrogen and oxygen atoms in total. The summed E-state index contributed by atoms with van der Waals surface area (Å²) in [5.41, 5.74) is 7.53. The SMILES string of the molecule is COc1ccc([C@H]2Nn3c(C)ccc3S[C@@H]2C(=O)Nc2ccc(Br)c(C)c2)cc1. The Kier molecular flexibility index (Phi) is 5.61. The van der Waals surface area contributed by atoms with E-state index in [1.807, 2.05) is 67.1 Å². The summed E-state index contributed by atoms with van der Waals surface area (Å²) in [6.45, 7) is 4.06. The van der Waals surface area contributed by atoms with E-state index in [9.17, 15) is 4.79 Å². The highest BCUT2D eigenvalue weighted by Crippen LogP contribution is 2.39. The molecule has 1 aromatic heterocycles. The number of hydrogen-bond donors (Lipinski definition) is 2. The number of carbonyl (C=O) groups is 1. The van der Waals surface area contributed by atoms with Crippen LogP contribution in [-0.4, -0.2) is 22.9 Å². The average Bonchev–Trinajstić information content (AvgIpc) is 3.10. The van der Waals surface area contributed by atoms with Gasteiger partial charge in [0.15, 0.2) is 0 Å². The molecule has 1 aliphatic heterocycles. The molecule has 2 N–H and O–H groups in total. The lowest BCUT2D eigenvalue weighted by molar-refractivity contribution is -0.116. The van der Waals surface area contributed by atoms with E-state index >= 15 is 0 Å². The van der Waals surface area contributed by atoms with Gasteiger partial charge in [0, 0.05) is 15.9 Å². The fraction of sp³-hybridized carbons (Fsp3) is 0.227. The van der Waals surface area contributed by atoms with Gasteiger partial charge < -0.3 is 15.5 Å². The minimum absolute atomic E-state index is 0.0323. The van der Waals surface area contributed by atoms with Crippen molar-refractivity contribution in [2.75, 3.05) is 17.9 Å². The van der Waals surface area contributed by atoms with Gasteiger partial charge in [0.1, 0.15) is 11.0 Å². The standard InChI is InChI=1S/C22H22BrN3O2S/c1-13-12-16(7-10-18(13)23)24-22(27)21-20(15-5-8-17(28-3)9-6-15)25-26-14(2)4-11-19(26)29-21/h4-12,20-21,25H,1-3H3,(H,24,27)/t20-,21+/m1/s1. The van der Waals surface area contributed by atoms with Gasteiger partial charge in [-0.1, -0.05) is 39.8 Å². The van der Waals surface area contributed by atoms with Crippen LogP contribution in [0.5, 0.6) is 5.75 Å². The van der Waals surface area contributed by atoms with Crippen LogP contribution < -0.4 is 15.5 Å². The number of halogens is 1. The van der Waals surface area contributed by atoms with Crippen LogP contribution in [0.15, 0.2) is 64.1 Å². The zero-order valence-electron chi connectivity index (χ0n) is 16.4. The summed E-state index contributed by atoms with van der Waals surface area (Å²) in [5.74, 6) is 0.761. The summed E-state index contributed by atoms with van der Waals surface area (Å²) >= 11 is 5.08. The van der Waals surface area contributed by atoms with Crippen LogP contribution in [0, 0.1) is 13.8 Å². The Labute approximate surface area is 182 Å². The Bertz CT molecular complexity index is 1050. The van der Waals surface area contributed by atoms with Gasteiger partial charge in [0.05, 0.1) is 18.2 Å². The molecule has 0 spiro atoms. The van der Waals surface area contributed by atoms with E-state index in [1.54, 1.807) is 18.9 Å². The maximum Gasteiger partial charge on any atom is 0.240 e. The fourth-order valence-electron chi connectivity index (χ4n) is 3.38. The van der Waals surface area contributed by atoms with Gasteiger partial charge in [0.2, 0.25) is 5.91 Å². The van der Waals surface area contributed by atoms with Crippen molar-refractivity contribution in [2.45, 2.75) is 30.2 Å². The molecule has 0 bridgehead atoms. The molecule has 0 aliphatic carbocycles. The number of benzene rings is 2. The van der Waals surface area contributed by atoms with Crippen LogP contribution in [0.1, 0.15) is 22.9 Å². The molecule has 1 aliphatic rings. The molecule has 2 heterocycles. The van der Waals surface area contributed by atoms with Gasteiger partial charge in [-0.3, -0.25) is 9.47 Å². The third-order valence-corrected chi connectivity index (χ3v) is 7.21. The molecule has 2 aromatic carbocycles. The lowest BCUT2D eigenvalue weighted by atomic mass is 10.0. The largest absolute Gasteiger partial charge is 0.497 e. The Hall–Kier alpha value is -2.38. The van der Waals surface area contributed by atoms with E-state index in [1.165, 1.54) is 0 Å². The first-order chi connectivity index (χ1) is 14.0. The smallest absolute Gasteiger partial charge is 0.240 e.